The number of fused-ring (bicyclic) bond motifs is 1. The van der Waals surface area contributed by atoms with Gasteiger partial charge < -0.3 is 24.8 Å². The Labute approximate surface area is 232 Å². The smallest absolute Gasteiger partial charge is 0.341 e. The second-order valence-electron chi connectivity index (χ2n) is 9.26. The maximum absolute atomic E-state index is 13.4. The Hall–Kier alpha value is -3.85. The highest BCUT2D eigenvalue weighted by atomic mass is 32.1. The van der Waals surface area contributed by atoms with Gasteiger partial charge in [-0.1, -0.05) is 31.2 Å². The van der Waals surface area contributed by atoms with Crippen LogP contribution in [0.4, 0.5) is 5.00 Å². The topological polar surface area (TPSA) is 103 Å². The zero-order chi connectivity index (χ0) is 27.8. The van der Waals surface area contributed by atoms with Crippen molar-refractivity contribution in [2.45, 2.75) is 40.0 Å². The van der Waals surface area contributed by atoms with Crippen molar-refractivity contribution >= 4 is 34.1 Å². The van der Waals surface area contributed by atoms with Gasteiger partial charge in [0.05, 0.1) is 30.9 Å². The van der Waals surface area contributed by atoms with Crippen LogP contribution in [0.1, 0.15) is 68.7 Å². The van der Waals surface area contributed by atoms with E-state index >= 15 is 0 Å². The van der Waals surface area contributed by atoms with Crippen molar-refractivity contribution in [3.63, 3.8) is 0 Å². The number of thiophene rings is 1. The third-order valence-corrected chi connectivity index (χ3v) is 7.59. The van der Waals surface area contributed by atoms with Gasteiger partial charge in [-0.3, -0.25) is 9.59 Å². The van der Waals surface area contributed by atoms with Gasteiger partial charge in [0.2, 0.25) is 0 Å². The minimum absolute atomic E-state index is 0.00216. The number of rotatable bonds is 11. The third kappa shape index (κ3) is 6.78. The second-order valence-corrected chi connectivity index (χ2v) is 10.4. The summed E-state index contributed by atoms with van der Waals surface area (Å²) in [4.78, 5) is 40.3. The molecule has 1 unspecified atom stereocenters. The summed E-state index contributed by atoms with van der Waals surface area (Å²) < 4.78 is 16.5. The highest BCUT2D eigenvalue weighted by Crippen LogP contribution is 2.40. The zero-order valence-corrected chi connectivity index (χ0v) is 23.3. The van der Waals surface area contributed by atoms with E-state index in [-0.39, 0.29) is 25.0 Å². The molecule has 1 atom stereocenters. The van der Waals surface area contributed by atoms with E-state index in [4.69, 9.17) is 14.2 Å². The molecule has 39 heavy (non-hydrogen) atoms. The van der Waals surface area contributed by atoms with Gasteiger partial charge in [-0.2, -0.15) is 0 Å². The van der Waals surface area contributed by atoms with E-state index < -0.39 is 5.97 Å². The predicted octanol–water partition coefficient (Wildman–Crippen LogP) is 5.51. The molecule has 1 aliphatic carbocycles. The van der Waals surface area contributed by atoms with Crippen LogP contribution in [0.25, 0.3) is 0 Å². The van der Waals surface area contributed by atoms with Crippen LogP contribution >= 0.6 is 11.3 Å². The molecule has 2 amide bonds. The first-order chi connectivity index (χ1) is 18.9. The fourth-order valence-electron chi connectivity index (χ4n) is 4.58. The average Bonchev–Trinajstić information content (AvgIpc) is 3.28. The van der Waals surface area contributed by atoms with Crippen molar-refractivity contribution in [3.8, 4) is 11.5 Å². The van der Waals surface area contributed by atoms with Gasteiger partial charge in [0.25, 0.3) is 11.8 Å². The predicted molar refractivity (Wildman–Crippen MR) is 151 cm³/mol. The summed E-state index contributed by atoms with van der Waals surface area (Å²) in [6, 6.07) is 13.9. The van der Waals surface area contributed by atoms with E-state index in [2.05, 4.69) is 17.6 Å². The number of anilines is 1. The van der Waals surface area contributed by atoms with Gasteiger partial charge in [0, 0.05) is 4.88 Å². The number of carbonyl (C=O) groups is 3. The van der Waals surface area contributed by atoms with Crippen LogP contribution in [-0.4, -0.2) is 44.1 Å². The summed E-state index contributed by atoms with van der Waals surface area (Å²) in [5, 5.41) is 6.35. The van der Waals surface area contributed by atoms with Crippen LogP contribution in [-0.2, 0) is 17.6 Å². The third-order valence-electron chi connectivity index (χ3n) is 6.42. The van der Waals surface area contributed by atoms with E-state index in [1.165, 1.54) is 11.3 Å². The molecule has 9 heteroatoms. The largest absolute Gasteiger partial charge is 0.493 e. The Bertz CT molecular complexity index is 1330. The molecule has 2 aromatic carbocycles. The molecule has 1 aliphatic rings. The number of carbonyl (C=O) groups excluding carboxylic acids is 3. The van der Waals surface area contributed by atoms with E-state index in [1.807, 2.05) is 19.9 Å². The summed E-state index contributed by atoms with van der Waals surface area (Å²) in [6.07, 6.45) is 2.61. The monoisotopic (exact) mass is 550 g/mol. The molecule has 3 aromatic rings. The van der Waals surface area contributed by atoms with Crippen molar-refractivity contribution in [2.24, 2.45) is 5.92 Å². The van der Waals surface area contributed by atoms with Crippen molar-refractivity contribution in [1.29, 1.82) is 0 Å². The molecule has 0 aliphatic heterocycles. The van der Waals surface area contributed by atoms with Crippen LogP contribution < -0.4 is 20.1 Å². The van der Waals surface area contributed by atoms with Crippen molar-refractivity contribution in [3.05, 3.63) is 75.7 Å². The van der Waals surface area contributed by atoms with Crippen molar-refractivity contribution in [1.82, 2.24) is 5.32 Å². The van der Waals surface area contributed by atoms with Crippen LogP contribution in [0, 0.1) is 5.92 Å². The molecule has 0 radical (unpaired) electrons. The number of hydrogen-bond donors (Lipinski definition) is 2. The lowest BCUT2D eigenvalue weighted by molar-refractivity contribution is 0.0498. The van der Waals surface area contributed by atoms with Gasteiger partial charge in [0.1, 0.15) is 28.7 Å². The average molecular weight is 551 g/mol. The molecule has 0 saturated heterocycles. The Kier molecular flexibility index (Phi) is 9.59. The van der Waals surface area contributed by atoms with E-state index in [0.29, 0.717) is 52.3 Å². The molecule has 0 spiro atoms. The quantitative estimate of drug-likeness (QED) is 0.241. The van der Waals surface area contributed by atoms with Gasteiger partial charge in [0.15, 0.2) is 0 Å². The number of amides is 2. The maximum atomic E-state index is 13.4. The molecule has 0 bridgehead atoms. The Morgan fingerprint density at radius 1 is 0.923 bits per heavy atom. The number of hydrogen-bond acceptors (Lipinski definition) is 7. The molecule has 8 nitrogen and oxygen atoms in total. The molecular weight excluding hydrogens is 516 g/mol. The minimum Gasteiger partial charge on any atom is -0.493 e. The van der Waals surface area contributed by atoms with Crippen LogP contribution in [0.3, 0.4) is 0 Å². The number of para-hydroxylation sites is 2. The highest BCUT2D eigenvalue weighted by molar-refractivity contribution is 7.17. The summed E-state index contributed by atoms with van der Waals surface area (Å²) >= 11 is 1.45. The first-order valence-corrected chi connectivity index (χ1v) is 14.1. The summed E-state index contributed by atoms with van der Waals surface area (Å²) in [6.45, 7) is 6.89. The highest BCUT2D eigenvalue weighted by Gasteiger charge is 2.29. The lowest BCUT2D eigenvalue weighted by atomic mass is 9.88. The molecule has 0 saturated carbocycles. The molecule has 2 N–H and O–H groups in total. The molecule has 4 rings (SSSR count). The van der Waals surface area contributed by atoms with E-state index in [9.17, 15) is 14.4 Å². The van der Waals surface area contributed by atoms with Gasteiger partial charge in [-0.05, 0) is 68.9 Å². The lowest BCUT2D eigenvalue weighted by Gasteiger charge is -2.18. The molecule has 1 aromatic heterocycles. The first kappa shape index (κ1) is 28.2. The van der Waals surface area contributed by atoms with Crippen molar-refractivity contribution < 1.29 is 28.6 Å². The van der Waals surface area contributed by atoms with Gasteiger partial charge in [-0.25, -0.2) is 4.79 Å². The summed E-state index contributed by atoms with van der Waals surface area (Å²) in [7, 11) is 0. The number of nitrogens with one attached hydrogen (secondary N) is 2. The molecular formula is C30H34N2O6S. The number of ether oxygens (including phenoxy) is 3. The summed E-state index contributed by atoms with van der Waals surface area (Å²) in [5.74, 6) is 0.304. The van der Waals surface area contributed by atoms with Crippen LogP contribution in [0.15, 0.2) is 48.5 Å². The minimum atomic E-state index is -0.517. The SMILES string of the molecule is CCOc1ccccc1C(=O)Nc1sc2c(c1C(=O)NCCOC(=O)c1ccccc1OCC)CCC(C)C2. The van der Waals surface area contributed by atoms with E-state index in [1.54, 1.807) is 42.5 Å². The molecule has 1 heterocycles. The van der Waals surface area contributed by atoms with Gasteiger partial charge in [-0.15, -0.1) is 11.3 Å². The normalized spacial score (nSPS) is 14.2. The van der Waals surface area contributed by atoms with E-state index in [0.717, 1.165) is 29.7 Å². The van der Waals surface area contributed by atoms with Crippen molar-refractivity contribution in [2.75, 3.05) is 31.7 Å². The second kappa shape index (κ2) is 13.3. The Morgan fingerprint density at radius 2 is 1.56 bits per heavy atom. The maximum Gasteiger partial charge on any atom is 0.341 e. The lowest BCUT2D eigenvalue weighted by Crippen LogP contribution is -2.30. The van der Waals surface area contributed by atoms with Crippen LogP contribution in [0.2, 0.25) is 0 Å². The van der Waals surface area contributed by atoms with Gasteiger partial charge >= 0.3 is 5.97 Å². The Morgan fingerprint density at radius 3 is 2.26 bits per heavy atom. The first-order valence-electron chi connectivity index (χ1n) is 13.3. The fourth-order valence-corrected chi connectivity index (χ4v) is 5.98. The standard InChI is InChI=1S/C30H34N2O6S/c1-4-36-23-12-8-6-10-20(23)27(33)32-29-26(22-15-14-19(3)18-25(22)39-29)28(34)31-16-17-38-30(35)21-11-7-9-13-24(21)37-5-2/h6-13,19H,4-5,14-18H2,1-3H3,(H,31,34)(H,32,33). The molecule has 0 fully saturated rings. The van der Waals surface area contributed by atoms with Crippen LogP contribution in [0.5, 0.6) is 11.5 Å². The summed E-state index contributed by atoms with van der Waals surface area (Å²) in [5.41, 5.74) is 2.21. The fraction of sp³-hybridized carbons (Fsp3) is 0.367. The zero-order valence-electron chi connectivity index (χ0n) is 22.5. The molecule has 206 valence electrons. The number of benzene rings is 2. The Balaban J connectivity index is 1.46. The number of esters is 1.